The summed E-state index contributed by atoms with van der Waals surface area (Å²) < 4.78 is 13.7. The zero-order valence-corrected chi connectivity index (χ0v) is 23.6. The highest BCUT2D eigenvalue weighted by molar-refractivity contribution is 6.31. The van der Waals surface area contributed by atoms with Crippen molar-refractivity contribution in [1.82, 2.24) is 9.80 Å². The topological polar surface area (TPSA) is 98.2 Å². The predicted molar refractivity (Wildman–Crippen MR) is 156 cm³/mol. The van der Waals surface area contributed by atoms with E-state index in [-0.39, 0.29) is 23.2 Å². The van der Waals surface area contributed by atoms with Gasteiger partial charge in [0.2, 0.25) is 0 Å². The van der Waals surface area contributed by atoms with Crippen LogP contribution in [-0.2, 0) is 19.8 Å². The van der Waals surface area contributed by atoms with Crippen LogP contribution in [0.5, 0.6) is 0 Å². The summed E-state index contributed by atoms with van der Waals surface area (Å²) in [5.74, 6) is -2.70. The number of amides is 1. The van der Waals surface area contributed by atoms with Crippen molar-refractivity contribution >= 4 is 40.2 Å². The molecule has 2 aliphatic heterocycles. The molecule has 5 rings (SSSR count). The molecule has 2 heterocycles. The summed E-state index contributed by atoms with van der Waals surface area (Å²) >= 11 is 6.44. The molecule has 7 nitrogen and oxygen atoms in total. The smallest absolute Gasteiger partial charge is 0.328 e. The monoisotopic (exact) mass is 578 g/mol. The lowest BCUT2D eigenvalue weighted by Gasteiger charge is -2.42. The molecule has 3 aromatic carbocycles. The van der Waals surface area contributed by atoms with Crippen LogP contribution in [0.15, 0.2) is 84.5 Å². The molecule has 1 saturated heterocycles. The second-order valence-corrected chi connectivity index (χ2v) is 10.8. The number of rotatable bonds is 6. The van der Waals surface area contributed by atoms with Gasteiger partial charge in [-0.05, 0) is 86.1 Å². The number of piperidine rings is 1. The van der Waals surface area contributed by atoms with Crippen molar-refractivity contribution in [1.29, 1.82) is 0 Å². The number of likely N-dealkylation sites (tertiary alicyclic amines) is 1. The number of hydrogen-bond acceptors (Lipinski definition) is 4. The van der Waals surface area contributed by atoms with Crippen LogP contribution in [0.4, 0.5) is 4.39 Å². The number of fused-ring (bicyclic) bond motifs is 1. The summed E-state index contributed by atoms with van der Waals surface area (Å²) in [5.41, 5.74) is 2.54. The molecule has 41 heavy (non-hydrogen) atoms. The molecule has 0 bridgehead atoms. The summed E-state index contributed by atoms with van der Waals surface area (Å²) in [4.78, 5) is 37.2. The lowest BCUT2D eigenvalue weighted by atomic mass is 9.67. The Morgan fingerprint density at radius 3 is 2.22 bits per heavy atom. The molecule has 0 radical (unpaired) electrons. The molecule has 9 heteroatoms. The summed E-state index contributed by atoms with van der Waals surface area (Å²) in [5, 5.41) is 18.5. The van der Waals surface area contributed by atoms with Crippen LogP contribution in [0, 0.1) is 5.82 Å². The fourth-order valence-corrected chi connectivity index (χ4v) is 5.92. The average Bonchev–Trinajstić information content (AvgIpc) is 3.34. The first-order chi connectivity index (χ1) is 19.5. The second kappa shape index (κ2) is 12.7. The van der Waals surface area contributed by atoms with Crippen LogP contribution in [0.2, 0.25) is 5.02 Å². The van der Waals surface area contributed by atoms with E-state index >= 15 is 0 Å². The van der Waals surface area contributed by atoms with Crippen LogP contribution in [0.1, 0.15) is 36.9 Å². The maximum atomic E-state index is 13.9. The van der Waals surface area contributed by atoms with E-state index in [9.17, 15) is 18.8 Å². The van der Waals surface area contributed by atoms with Crippen molar-refractivity contribution in [2.75, 3.05) is 26.7 Å². The van der Waals surface area contributed by atoms with Crippen LogP contribution in [-0.4, -0.2) is 64.5 Å². The third-order valence-corrected chi connectivity index (χ3v) is 8.10. The summed E-state index contributed by atoms with van der Waals surface area (Å²) in [7, 11) is 2.11. The Kier molecular flexibility index (Phi) is 9.25. The van der Waals surface area contributed by atoms with Gasteiger partial charge in [-0.3, -0.25) is 4.79 Å². The van der Waals surface area contributed by atoms with Crippen LogP contribution < -0.4 is 0 Å². The first kappa shape index (κ1) is 30.0. The van der Waals surface area contributed by atoms with Gasteiger partial charge in [0.25, 0.3) is 5.91 Å². The number of hydrogen-bond donors (Lipinski definition) is 2. The van der Waals surface area contributed by atoms with Gasteiger partial charge in [0.05, 0.1) is 6.04 Å². The Balaban J connectivity index is 0.000000426. The third-order valence-electron chi connectivity index (χ3n) is 7.88. The fraction of sp³-hybridized carbons (Fsp3) is 0.281. The van der Waals surface area contributed by atoms with Gasteiger partial charge in [0.1, 0.15) is 5.82 Å². The third kappa shape index (κ3) is 6.66. The molecule has 2 aliphatic rings. The minimum Gasteiger partial charge on any atom is -0.478 e. The van der Waals surface area contributed by atoms with Crippen LogP contribution in [0.3, 0.4) is 0 Å². The Hall–Kier alpha value is -4.01. The summed E-state index contributed by atoms with van der Waals surface area (Å²) in [6.45, 7) is 4.44. The quantitative estimate of drug-likeness (QED) is 0.357. The van der Waals surface area contributed by atoms with Crippen molar-refractivity contribution in [3.63, 3.8) is 0 Å². The molecular formula is C32H32ClFN2O5. The van der Waals surface area contributed by atoms with E-state index in [2.05, 4.69) is 37.1 Å². The number of nitrogens with zero attached hydrogens (tertiary/aromatic N) is 2. The SMILES string of the molecule is C[C@@H](c1cc(Cl)cc2ccccc12)N1CC=C(C2(c3ccc(F)cc3)CCN(C)CC2)C1=O.O=C(O)/C=C/C(=O)O. The van der Waals surface area contributed by atoms with Crippen molar-refractivity contribution in [3.05, 3.63) is 106 Å². The van der Waals surface area contributed by atoms with Gasteiger partial charge >= 0.3 is 11.9 Å². The Bertz CT molecular complexity index is 1490. The Labute approximate surface area is 243 Å². The van der Waals surface area contributed by atoms with E-state index in [1.165, 1.54) is 12.1 Å². The number of carbonyl (C=O) groups is 3. The molecule has 214 valence electrons. The fourth-order valence-electron chi connectivity index (χ4n) is 5.69. The Morgan fingerprint density at radius 1 is 1.00 bits per heavy atom. The van der Waals surface area contributed by atoms with Crippen molar-refractivity contribution in [2.24, 2.45) is 0 Å². The minimum absolute atomic E-state index is 0.0698. The van der Waals surface area contributed by atoms with E-state index in [0.29, 0.717) is 23.7 Å². The first-order valence-electron chi connectivity index (χ1n) is 13.3. The largest absolute Gasteiger partial charge is 0.478 e. The molecule has 0 aliphatic carbocycles. The highest BCUT2D eigenvalue weighted by Crippen LogP contribution is 2.45. The molecule has 0 spiro atoms. The van der Waals surface area contributed by atoms with Gasteiger partial charge in [0.15, 0.2) is 0 Å². The van der Waals surface area contributed by atoms with E-state index in [1.807, 2.05) is 41.3 Å². The van der Waals surface area contributed by atoms with Crippen molar-refractivity contribution in [2.45, 2.75) is 31.2 Å². The molecular weight excluding hydrogens is 547 g/mol. The lowest BCUT2D eigenvalue weighted by Crippen LogP contribution is -2.45. The highest BCUT2D eigenvalue weighted by atomic mass is 35.5. The average molecular weight is 579 g/mol. The number of benzene rings is 3. The van der Waals surface area contributed by atoms with E-state index < -0.39 is 11.9 Å². The number of aliphatic carboxylic acids is 2. The summed E-state index contributed by atoms with van der Waals surface area (Å²) in [6.07, 6.45) is 4.90. The normalized spacial score (nSPS) is 17.7. The molecule has 0 unspecified atom stereocenters. The van der Waals surface area contributed by atoms with Crippen molar-refractivity contribution < 1.29 is 29.0 Å². The van der Waals surface area contributed by atoms with Crippen molar-refractivity contribution in [3.8, 4) is 0 Å². The van der Waals surface area contributed by atoms with Gasteiger partial charge in [-0.15, -0.1) is 0 Å². The molecule has 0 saturated carbocycles. The second-order valence-electron chi connectivity index (χ2n) is 10.4. The maximum Gasteiger partial charge on any atom is 0.328 e. The van der Waals surface area contributed by atoms with Crippen LogP contribution >= 0.6 is 11.6 Å². The molecule has 1 atom stereocenters. The van der Waals surface area contributed by atoms with Gasteiger partial charge in [-0.2, -0.15) is 0 Å². The number of halogens is 2. The predicted octanol–water partition coefficient (Wildman–Crippen LogP) is 5.84. The lowest BCUT2D eigenvalue weighted by molar-refractivity contribution is -0.134. The standard InChI is InChI=1S/C28H28ClFN2O.C4H4O4/c1-19(25-18-22(29)17-20-5-3-4-6-24(20)25)32-14-11-26(27(32)33)28(12-15-31(2)16-13-28)21-7-9-23(30)10-8-21;5-3(6)1-2-4(7)8/h3-11,17-19H,12-16H2,1-2H3;1-2H,(H,5,6)(H,7,8)/b;2-1+/t19-;/m0./s1. The zero-order valence-electron chi connectivity index (χ0n) is 22.9. The molecule has 2 N–H and O–H groups in total. The summed E-state index contributed by atoms with van der Waals surface area (Å²) in [6, 6.07) is 18.7. The van der Waals surface area contributed by atoms with Crippen LogP contribution in [0.25, 0.3) is 10.8 Å². The zero-order chi connectivity index (χ0) is 29.7. The maximum absolute atomic E-state index is 13.9. The van der Waals surface area contributed by atoms with E-state index in [4.69, 9.17) is 21.8 Å². The molecule has 3 aromatic rings. The molecule has 1 fully saturated rings. The Morgan fingerprint density at radius 2 is 1.61 bits per heavy atom. The van der Waals surface area contributed by atoms with E-state index in [0.717, 1.165) is 53.4 Å². The van der Waals surface area contributed by atoms with Gasteiger partial charge in [-0.1, -0.05) is 54.1 Å². The number of carbonyl (C=O) groups excluding carboxylic acids is 1. The molecule has 0 aromatic heterocycles. The minimum atomic E-state index is -1.26. The molecule has 1 amide bonds. The van der Waals surface area contributed by atoms with E-state index in [1.54, 1.807) is 0 Å². The van der Waals surface area contributed by atoms with Gasteiger partial charge < -0.3 is 20.0 Å². The van der Waals surface area contributed by atoms with Gasteiger partial charge in [0, 0.05) is 34.7 Å². The number of carboxylic acids is 2. The highest BCUT2D eigenvalue weighted by Gasteiger charge is 2.45. The number of carboxylic acid groups (broad SMARTS) is 2. The first-order valence-corrected chi connectivity index (χ1v) is 13.7. The van der Waals surface area contributed by atoms with Gasteiger partial charge in [-0.25, -0.2) is 14.0 Å².